The number of fused-ring (bicyclic) bond motifs is 1. The first-order valence-electron chi connectivity index (χ1n) is 7.79. The van der Waals surface area contributed by atoms with Crippen molar-refractivity contribution in [1.82, 2.24) is 20.3 Å². The minimum Gasteiger partial charge on any atom is -0.348 e. The predicted molar refractivity (Wildman–Crippen MR) is 88.8 cm³/mol. The molecule has 1 atom stereocenters. The Balaban J connectivity index is 1.74. The zero-order chi connectivity index (χ0) is 18.9. The van der Waals surface area contributed by atoms with Crippen LogP contribution in [0.1, 0.15) is 28.5 Å². The summed E-state index contributed by atoms with van der Waals surface area (Å²) in [5.41, 5.74) is -0.306. The molecule has 0 saturated carbocycles. The lowest BCUT2D eigenvalue weighted by molar-refractivity contribution is -0.138. The average Bonchev–Trinajstić information content (AvgIpc) is 2.93. The van der Waals surface area contributed by atoms with Gasteiger partial charge in [-0.3, -0.25) is 9.78 Å². The van der Waals surface area contributed by atoms with Crippen LogP contribution in [0, 0.1) is 0 Å². The van der Waals surface area contributed by atoms with Gasteiger partial charge < -0.3 is 10.3 Å². The number of nitrogens with one attached hydrogen (secondary N) is 3. The van der Waals surface area contributed by atoms with Gasteiger partial charge in [-0.2, -0.15) is 13.2 Å². The van der Waals surface area contributed by atoms with E-state index in [1.54, 1.807) is 6.92 Å². The van der Waals surface area contributed by atoms with Gasteiger partial charge in [-0.1, -0.05) is 18.2 Å². The van der Waals surface area contributed by atoms with Crippen LogP contribution in [0.25, 0.3) is 11.2 Å². The summed E-state index contributed by atoms with van der Waals surface area (Å²) in [5.74, 6) is -0.536. The van der Waals surface area contributed by atoms with E-state index >= 15 is 0 Å². The number of carbonyl (C=O) groups excluding carboxylic acids is 1. The van der Waals surface area contributed by atoms with Crippen LogP contribution in [0.15, 0.2) is 41.2 Å². The number of aromatic nitrogens is 3. The highest BCUT2D eigenvalue weighted by molar-refractivity contribution is 5.94. The van der Waals surface area contributed by atoms with E-state index in [2.05, 4.69) is 20.3 Å². The van der Waals surface area contributed by atoms with E-state index in [-0.39, 0.29) is 23.3 Å². The Labute approximate surface area is 145 Å². The molecule has 6 nitrogen and oxygen atoms in total. The number of halogens is 3. The Bertz CT molecular complexity index is 1010. The van der Waals surface area contributed by atoms with Gasteiger partial charge in [-0.25, -0.2) is 9.78 Å². The molecule has 1 aromatic carbocycles. The molecule has 2 heterocycles. The van der Waals surface area contributed by atoms with Crippen molar-refractivity contribution < 1.29 is 18.0 Å². The van der Waals surface area contributed by atoms with Crippen molar-refractivity contribution in [1.29, 1.82) is 0 Å². The second kappa shape index (κ2) is 6.66. The molecule has 26 heavy (non-hydrogen) atoms. The van der Waals surface area contributed by atoms with Gasteiger partial charge in [-0.05, 0) is 37.1 Å². The monoisotopic (exact) mass is 364 g/mol. The van der Waals surface area contributed by atoms with Gasteiger partial charge in [0.2, 0.25) is 0 Å². The fourth-order valence-corrected chi connectivity index (χ4v) is 2.70. The van der Waals surface area contributed by atoms with Crippen LogP contribution in [0.2, 0.25) is 0 Å². The molecule has 0 bridgehead atoms. The zero-order valence-corrected chi connectivity index (χ0v) is 13.6. The molecule has 0 saturated heterocycles. The van der Waals surface area contributed by atoms with Gasteiger partial charge in [0, 0.05) is 6.04 Å². The summed E-state index contributed by atoms with van der Waals surface area (Å²) in [4.78, 5) is 32.5. The van der Waals surface area contributed by atoms with Crippen molar-refractivity contribution >= 4 is 17.1 Å². The second-order valence-corrected chi connectivity index (χ2v) is 5.91. The van der Waals surface area contributed by atoms with Crippen molar-refractivity contribution in [3.63, 3.8) is 0 Å². The highest BCUT2D eigenvalue weighted by Gasteiger charge is 2.33. The summed E-state index contributed by atoms with van der Waals surface area (Å²) in [6.45, 7) is 1.61. The molecule has 1 amide bonds. The van der Waals surface area contributed by atoms with Crippen molar-refractivity contribution in [2.45, 2.75) is 25.6 Å². The number of hydrogen-bond acceptors (Lipinski definition) is 3. The van der Waals surface area contributed by atoms with Crippen molar-refractivity contribution in [3.8, 4) is 0 Å². The van der Waals surface area contributed by atoms with Gasteiger partial charge in [0.05, 0.1) is 11.1 Å². The van der Waals surface area contributed by atoms with Crippen LogP contribution in [-0.2, 0) is 12.6 Å². The maximum absolute atomic E-state index is 13.0. The predicted octanol–water partition coefficient (Wildman–Crippen LogP) is 2.63. The first kappa shape index (κ1) is 17.7. The summed E-state index contributed by atoms with van der Waals surface area (Å²) in [6.07, 6.45) is -4.43. The molecular formula is C17H15F3N4O2. The molecule has 0 spiro atoms. The second-order valence-electron chi connectivity index (χ2n) is 5.91. The Morgan fingerprint density at radius 3 is 2.65 bits per heavy atom. The number of imidazole rings is 1. The van der Waals surface area contributed by atoms with Crippen LogP contribution >= 0.6 is 0 Å². The molecule has 0 aliphatic carbocycles. The third kappa shape index (κ3) is 3.76. The van der Waals surface area contributed by atoms with Crippen LogP contribution in [0.3, 0.4) is 0 Å². The van der Waals surface area contributed by atoms with Crippen LogP contribution in [-0.4, -0.2) is 26.9 Å². The van der Waals surface area contributed by atoms with E-state index in [0.717, 1.165) is 6.07 Å². The molecule has 9 heteroatoms. The van der Waals surface area contributed by atoms with E-state index in [4.69, 9.17) is 0 Å². The Kier molecular flexibility index (Phi) is 4.54. The van der Waals surface area contributed by atoms with Crippen molar-refractivity contribution in [3.05, 3.63) is 63.7 Å². The highest BCUT2D eigenvalue weighted by Crippen LogP contribution is 2.32. The quantitative estimate of drug-likeness (QED) is 0.665. The molecule has 0 fully saturated rings. The smallest absolute Gasteiger partial charge is 0.348 e. The lowest BCUT2D eigenvalue weighted by Crippen LogP contribution is -2.35. The minimum absolute atomic E-state index is 0.0185. The minimum atomic E-state index is -4.45. The summed E-state index contributed by atoms with van der Waals surface area (Å²) in [5, 5.41) is 2.62. The SMILES string of the molecule is C[C@H](Cc1ccccc1C(F)(F)F)NC(=O)c1ccc2[nH]c(=O)[nH]c2n1. The van der Waals surface area contributed by atoms with Crippen LogP contribution < -0.4 is 11.0 Å². The van der Waals surface area contributed by atoms with Crippen LogP contribution in [0.4, 0.5) is 13.2 Å². The van der Waals surface area contributed by atoms with E-state index in [9.17, 15) is 22.8 Å². The number of amides is 1. The number of benzene rings is 1. The van der Waals surface area contributed by atoms with Crippen molar-refractivity contribution in [2.24, 2.45) is 0 Å². The molecule has 2 aromatic heterocycles. The third-order valence-electron chi connectivity index (χ3n) is 3.83. The first-order chi connectivity index (χ1) is 12.2. The molecule has 3 rings (SSSR count). The number of hydrogen-bond donors (Lipinski definition) is 3. The molecule has 0 aliphatic rings. The van der Waals surface area contributed by atoms with Gasteiger partial charge in [0.15, 0.2) is 5.65 Å². The summed E-state index contributed by atoms with van der Waals surface area (Å²) >= 11 is 0. The molecular weight excluding hydrogens is 349 g/mol. The lowest BCUT2D eigenvalue weighted by atomic mass is 10.0. The number of nitrogens with zero attached hydrogens (tertiary/aromatic N) is 1. The average molecular weight is 364 g/mol. The van der Waals surface area contributed by atoms with Gasteiger partial charge >= 0.3 is 11.9 Å². The number of pyridine rings is 1. The topological polar surface area (TPSA) is 90.6 Å². The molecule has 3 aromatic rings. The summed E-state index contributed by atoms with van der Waals surface area (Å²) in [6, 6.07) is 7.66. The highest BCUT2D eigenvalue weighted by atomic mass is 19.4. The summed E-state index contributed by atoms with van der Waals surface area (Å²) < 4.78 is 39.1. The fraction of sp³-hybridized carbons (Fsp3) is 0.235. The molecule has 0 unspecified atom stereocenters. The molecule has 3 N–H and O–H groups in total. The first-order valence-corrected chi connectivity index (χ1v) is 7.79. The molecule has 136 valence electrons. The van der Waals surface area contributed by atoms with E-state index < -0.39 is 29.4 Å². The molecule has 0 radical (unpaired) electrons. The number of carbonyl (C=O) groups is 1. The van der Waals surface area contributed by atoms with Gasteiger partial charge in [0.1, 0.15) is 5.69 Å². The van der Waals surface area contributed by atoms with Gasteiger partial charge in [0.25, 0.3) is 5.91 Å². The molecule has 0 aliphatic heterocycles. The van der Waals surface area contributed by atoms with E-state index in [1.807, 2.05) is 0 Å². The van der Waals surface area contributed by atoms with Crippen molar-refractivity contribution in [2.75, 3.05) is 0 Å². The number of H-pyrrole nitrogens is 2. The Morgan fingerprint density at radius 1 is 1.19 bits per heavy atom. The number of rotatable bonds is 4. The fourth-order valence-electron chi connectivity index (χ4n) is 2.70. The number of alkyl halides is 3. The Morgan fingerprint density at radius 2 is 1.92 bits per heavy atom. The standard InChI is InChI=1S/C17H15F3N4O2/c1-9(8-10-4-2-3-5-11(10)17(18,19)20)21-15(25)13-7-6-12-14(22-13)24-16(26)23-12/h2-7,9H,8H2,1H3,(H,21,25)(H2,22,23,24,26)/t9-/m1/s1. The Hall–Kier alpha value is -3.10. The van der Waals surface area contributed by atoms with Crippen LogP contribution in [0.5, 0.6) is 0 Å². The third-order valence-corrected chi connectivity index (χ3v) is 3.83. The zero-order valence-electron chi connectivity index (χ0n) is 13.6. The van der Waals surface area contributed by atoms with E-state index in [0.29, 0.717) is 5.52 Å². The maximum atomic E-state index is 13.0. The van der Waals surface area contributed by atoms with Gasteiger partial charge in [-0.15, -0.1) is 0 Å². The number of aromatic amines is 2. The lowest BCUT2D eigenvalue weighted by Gasteiger charge is -2.17. The normalized spacial score (nSPS) is 12.9. The largest absolute Gasteiger partial charge is 0.416 e. The maximum Gasteiger partial charge on any atom is 0.416 e. The van der Waals surface area contributed by atoms with E-state index in [1.165, 1.54) is 30.3 Å². The summed E-state index contributed by atoms with van der Waals surface area (Å²) in [7, 11) is 0.